The van der Waals surface area contributed by atoms with Gasteiger partial charge in [0.1, 0.15) is 13.2 Å². The molecule has 0 amide bonds. The van der Waals surface area contributed by atoms with Crippen molar-refractivity contribution in [3.8, 4) is 0 Å². The van der Waals surface area contributed by atoms with Crippen molar-refractivity contribution in [1.29, 1.82) is 0 Å². The Labute approximate surface area is 417 Å². The number of unbranched alkanes of at least 4 members (excludes halogenated alkanes) is 11. The lowest BCUT2D eigenvalue weighted by molar-refractivity contribution is -0.166. The molecular formula is C62H96O6. The Kier molecular flexibility index (Phi) is 51.1. The fourth-order valence-corrected chi connectivity index (χ4v) is 6.60. The summed E-state index contributed by atoms with van der Waals surface area (Å²) in [5.41, 5.74) is 0. The third-order valence-electron chi connectivity index (χ3n) is 10.6. The van der Waals surface area contributed by atoms with Gasteiger partial charge in [0, 0.05) is 19.3 Å². The highest BCUT2D eigenvalue weighted by molar-refractivity contribution is 5.71. The first kappa shape index (κ1) is 63.3. The average Bonchev–Trinajstić information content (AvgIpc) is 3.34. The molecule has 0 aromatic carbocycles. The Morgan fingerprint density at radius 1 is 0.309 bits per heavy atom. The molecular weight excluding hydrogens is 841 g/mol. The van der Waals surface area contributed by atoms with Crippen LogP contribution in [0.25, 0.3) is 0 Å². The third-order valence-corrected chi connectivity index (χ3v) is 10.6. The topological polar surface area (TPSA) is 78.9 Å². The van der Waals surface area contributed by atoms with Gasteiger partial charge < -0.3 is 14.2 Å². The minimum Gasteiger partial charge on any atom is -0.462 e. The van der Waals surface area contributed by atoms with Crippen molar-refractivity contribution in [3.63, 3.8) is 0 Å². The Hall–Kier alpha value is -4.71. The van der Waals surface area contributed by atoms with Gasteiger partial charge in [-0.15, -0.1) is 0 Å². The number of carbonyl (C=O) groups excluding carboxylic acids is 3. The van der Waals surface area contributed by atoms with Gasteiger partial charge in [-0.05, 0) is 128 Å². The molecule has 0 aromatic heterocycles. The van der Waals surface area contributed by atoms with Crippen molar-refractivity contribution in [2.45, 2.75) is 213 Å². The van der Waals surface area contributed by atoms with Crippen LogP contribution in [0.2, 0.25) is 0 Å². The molecule has 0 aliphatic heterocycles. The summed E-state index contributed by atoms with van der Waals surface area (Å²) in [7, 11) is 0. The van der Waals surface area contributed by atoms with Crippen LogP contribution in [-0.4, -0.2) is 37.2 Å². The first-order valence-corrected chi connectivity index (χ1v) is 26.8. The van der Waals surface area contributed by atoms with Crippen molar-refractivity contribution < 1.29 is 28.6 Å². The van der Waals surface area contributed by atoms with Gasteiger partial charge >= 0.3 is 17.9 Å². The standard InChI is InChI=1S/C62H96O6/c1-4-7-10-13-16-19-22-25-27-29-31-33-35-37-40-43-46-49-52-55-61(64)67-58-59(57-66-60(63)54-51-48-45-42-39-24-21-18-15-12-9-6-3)68-62(65)56-53-50-47-44-41-38-36-34-32-30-28-26-23-20-17-14-11-8-5-2/h7-8,10-11,16-21,25-28,31-34,37-38,40-41,46,49,59H,4-6,9,12-15,22-24,29-30,35-36,39,42-45,47-48,50-58H2,1-3H3/b10-7-,11-8-,19-16-,20-17-,21-18-,27-25-,28-26-,33-31-,34-32-,40-37-,41-38-,49-46-. The van der Waals surface area contributed by atoms with Crippen molar-refractivity contribution in [1.82, 2.24) is 0 Å². The Morgan fingerprint density at radius 3 is 1.01 bits per heavy atom. The van der Waals surface area contributed by atoms with Gasteiger partial charge in [0.15, 0.2) is 6.10 Å². The average molecular weight is 937 g/mol. The summed E-state index contributed by atoms with van der Waals surface area (Å²) < 4.78 is 16.7. The first-order chi connectivity index (χ1) is 33.5. The molecule has 1 atom stereocenters. The molecule has 0 radical (unpaired) electrons. The van der Waals surface area contributed by atoms with Crippen LogP contribution in [0.5, 0.6) is 0 Å². The second kappa shape index (κ2) is 54.9. The van der Waals surface area contributed by atoms with E-state index in [1.807, 2.05) is 12.2 Å². The van der Waals surface area contributed by atoms with Gasteiger partial charge in [-0.25, -0.2) is 0 Å². The molecule has 0 saturated carbocycles. The van der Waals surface area contributed by atoms with Crippen LogP contribution >= 0.6 is 0 Å². The molecule has 0 saturated heterocycles. The van der Waals surface area contributed by atoms with Crippen molar-refractivity contribution in [2.75, 3.05) is 13.2 Å². The second-order valence-corrected chi connectivity index (χ2v) is 17.0. The van der Waals surface area contributed by atoms with E-state index in [2.05, 4.69) is 154 Å². The number of carbonyl (C=O) groups is 3. The molecule has 0 aliphatic carbocycles. The molecule has 1 unspecified atom stereocenters. The predicted molar refractivity (Wildman–Crippen MR) is 292 cm³/mol. The van der Waals surface area contributed by atoms with Crippen LogP contribution in [0, 0.1) is 0 Å². The number of hydrogen-bond acceptors (Lipinski definition) is 6. The highest BCUT2D eigenvalue weighted by atomic mass is 16.6. The largest absolute Gasteiger partial charge is 0.462 e. The maximum Gasteiger partial charge on any atom is 0.306 e. The molecule has 0 spiro atoms. The van der Waals surface area contributed by atoms with E-state index in [-0.39, 0.29) is 44.0 Å². The minimum absolute atomic E-state index is 0.125. The molecule has 0 rings (SSSR count). The van der Waals surface area contributed by atoms with Crippen molar-refractivity contribution >= 4 is 17.9 Å². The fraction of sp³-hybridized carbons (Fsp3) is 0.565. The first-order valence-electron chi connectivity index (χ1n) is 26.8. The van der Waals surface area contributed by atoms with E-state index in [1.165, 1.54) is 32.1 Å². The van der Waals surface area contributed by atoms with Crippen LogP contribution in [0.15, 0.2) is 146 Å². The summed E-state index contributed by atoms with van der Waals surface area (Å²) in [6.45, 7) is 6.26. The Morgan fingerprint density at radius 2 is 0.603 bits per heavy atom. The summed E-state index contributed by atoms with van der Waals surface area (Å²) in [6, 6.07) is 0. The second-order valence-electron chi connectivity index (χ2n) is 17.0. The molecule has 380 valence electrons. The van der Waals surface area contributed by atoms with Crippen molar-refractivity contribution in [3.05, 3.63) is 146 Å². The number of ether oxygens (including phenoxy) is 3. The normalized spacial score (nSPS) is 13.3. The molecule has 0 heterocycles. The fourth-order valence-electron chi connectivity index (χ4n) is 6.60. The molecule has 6 nitrogen and oxygen atoms in total. The molecule has 68 heavy (non-hydrogen) atoms. The summed E-state index contributed by atoms with van der Waals surface area (Å²) in [4.78, 5) is 38.0. The van der Waals surface area contributed by atoms with Gasteiger partial charge in [-0.2, -0.15) is 0 Å². The monoisotopic (exact) mass is 937 g/mol. The van der Waals surface area contributed by atoms with E-state index in [0.717, 1.165) is 122 Å². The van der Waals surface area contributed by atoms with Gasteiger partial charge in [-0.3, -0.25) is 14.4 Å². The third kappa shape index (κ3) is 52.3. The van der Waals surface area contributed by atoms with Crippen LogP contribution in [0.3, 0.4) is 0 Å². The lowest BCUT2D eigenvalue weighted by Gasteiger charge is -2.18. The highest BCUT2D eigenvalue weighted by Crippen LogP contribution is 2.12. The summed E-state index contributed by atoms with van der Waals surface area (Å²) in [6.07, 6.45) is 78.4. The molecule has 0 bridgehead atoms. The van der Waals surface area contributed by atoms with Gasteiger partial charge in [-0.1, -0.05) is 205 Å². The summed E-state index contributed by atoms with van der Waals surface area (Å²) >= 11 is 0. The number of hydrogen-bond donors (Lipinski definition) is 0. The smallest absolute Gasteiger partial charge is 0.306 e. The Bertz CT molecular complexity index is 1540. The van der Waals surface area contributed by atoms with Crippen LogP contribution in [0.4, 0.5) is 0 Å². The molecule has 0 N–H and O–H groups in total. The van der Waals surface area contributed by atoms with Gasteiger partial charge in [0.25, 0.3) is 0 Å². The lowest BCUT2D eigenvalue weighted by atomic mass is 10.1. The SMILES string of the molecule is CC/C=C\C/C=C\C/C=C\C/C=C\C/C=C\C/C=C\CCC(=O)OCC(COC(=O)CCCCCCC/C=C\CCCCC)OC(=O)CCCCC/C=C\C/C=C\C/C=C\C/C=C\C/C=C\CC. The van der Waals surface area contributed by atoms with Gasteiger partial charge in [0.05, 0.1) is 0 Å². The van der Waals surface area contributed by atoms with Crippen molar-refractivity contribution in [2.24, 2.45) is 0 Å². The lowest BCUT2D eigenvalue weighted by Crippen LogP contribution is -2.30. The van der Waals surface area contributed by atoms with Crippen LogP contribution in [-0.2, 0) is 28.6 Å². The van der Waals surface area contributed by atoms with Crippen LogP contribution < -0.4 is 0 Å². The van der Waals surface area contributed by atoms with E-state index in [9.17, 15) is 14.4 Å². The minimum atomic E-state index is -0.836. The zero-order valence-corrected chi connectivity index (χ0v) is 43.3. The van der Waals surface area contributed by atoms with E-state index < -0.39 is 6.10 Å². The zero-order valence-electron chi connectivity index (χ0n) is 43.3. The highest BCUT2D eigenvalue weighted by Gasteiger charge is 2.19. The van der Waals surface area contributed by atoms with E-state index >= 15 is 0 Å². The molecule has 0 aromatic rings. The van der Waals surface area contributed by atoms with Crippen LogP contribution in [0.1, 0.15) is 207 Å². The maximum absolute atomic E-state index is 12.8. The quantitative estimate of drug-likeness (QED) is 0.0262. The summed E-state index contributed by atoms with van der Waals surface area (Å²) in [5.74, 6) is -1.07. The number of esters is 3. The number of allylic oxidation sites excluding steroid dienone is 24. The molecule has 0 aliphatic rings. The van der Waals surface area contributed by atoms with E-state index in [1.54, 1.807) is 0 Å². The zero-order chi connectivity index (χ0) is 49.3. The molecule has 0 fully saturated rings. The predicted octanol–water partition coefficient (Wildman–Crippen LogP) is 18.0. The Balaban J connectivity index is 4.59. The summed E-state index contributed by atoms with van der Waals surface area (Å²) in [5, 5.41) is 0. The number of rotatable bonds is 46. The van der Waals surface area contributed by atoms with E-state index in [4.69, 9.17) is 14.2 Å². The van der Waals surface area contributed by atoms with Gasteiger partial charge in [0.2, 0.25) is 0 Å². The maximum atomic E-state index is 12.8. The molecule has 6 heteroatoms. The van der Waals surface area contributed by atoms with E-state index in [0.29, 0.717) is 19.3 Å².